The Morgan fingerprint density at radius 2 is 2.12 bits per heavy atom. The molecule has 0 aliphatic heterocycles. The molecular weight excluding hydrogens is 288 g/mol. The molecule has 1 aromatic heterocycles. The van der Waals surface area contributed by atoms with Gasteiger partial charge in [-0.2, -0.15) is 0 Å². The lowest BCUT2D eigenvalue weighted by Crippen LogP contribution is -2.13. The van der Waals surface area contributed by atoms with Crippen molar-refractivity contribution in [3.63, 3.8) is 0 Å². The number of anilines is 2. The van der Waals surface area contributed by atoms with Crippen LogP contribution < -0.4 is 21.8 Å². The van der Waals surface area contributed by atoms with Crippen molar-refractivity contribution in [2.45, 2.75) is 0 Å². The second-order valence-corrected chi connectivity index (χ2v) is 4.07. The maximum absolute atomic E-state index is 11.3. The van der Waals surface area contributed by atoms with Gasteiger partial charge in [-0.25, -0.2) is 4.98 Å². The first-order chi connectivity index (χ1) is 8.09. The molecule has 0 radical (unpaired) electrons. The number of nitrogen functional groups attached to an aromatic ring is 2. The maximum Gasteiger partial charge on any atom is 0.277 e. The Labute approximate surface area is 105 Å². The van der Waals surface area contributed by atoms with E-state index in [0.717, 1.165) is 0 Å². The number of nitrogens with one attached hydrogen (secondary N) is 1. The van der Waals surface area contributed by atoms with Crippen molar-refractivity contribution in [3.05, 3.63) is 39.4 Å². The third kappa shape index (κ3) is 2.23. The summed E-state index contributed by atoms with van der Waals surface area (Å²) in [5.41, 5.74) is 11.2. The molecule has 7 heteroatoms. The number of para-hydroxylation sites is 1. The largest absolute Gasteiger partial charge is 0.433 e. The quantitative estimate of drug-likeness (QED) is 0.728. The van der Waals surface area contributed by atoms with Gasteiger partial charge in [-0.3, -0.25) is 4.79 Å². The van der Waals surface area contributed by atoms with E-state index in [2.05, 4.69) is 25.9 Å². The zero-order valence-corrected chi connectivity index (χ0v) is 10.2. The average molecular weight is 297 g/mol. The highest BCUT2D eigenvalue weighted by Crippen LogP contribution is 2.34. The fourth-order valence-electron chi connectivity index (χ4n) is 1.21. The SMILES string of the molecule is Nc1cccc(Br)c1Oc1nc[nH]c(=O)c1N. The molecule has 2 aromatic rings. The fourth-order valence-corrected chi connectivity index (χ4v) is 1.67. The van der Waals surface area contributed by atoms with Gasteiger partial charge in [-0.05, 0) is 28.1 Å². The predicted molar refractivity (Wildman–Crippen MR) is 67.9 cm³/mol. The molecule has 1 aromatic carbocycles. The van der Waals surface area contributed by atoms with Crippen LogP contribution in [0.4, 0.5) is 11.4 Å². The summed E-state index contributed by atoms with van der Waals surface area (Å²) >= 11 is 3.29. The first-order valence-electron chi connectivity index (χ1n) is 4.64. The molecule has 0 fully saturated rings. The number of nitrogens with zero attached hydrogens (tertiary/aromatic N) is 1. The summed E-state index contributed by atoms with van der Waals surface area (Å²) in [5, 5.41) is 0. The highest BCUT2D eigenvalue weighted by molar-refractivity contribution is 9.10. The van der Waals surface area contributed by atoms with Crippen LogP contribution in [0.1, 0.15) is 0 Å². The van der Waals surface area contributed by atoms with Gasteiger partial charge in [0.05, 0.1) is 16.5 Å². The number of hydrogen-bond acceptors (Lipinski definition) is 5. The fraction of sp³-hybridized carbons (Fsp3) is 0. The van der Waals surface area contributed by atoms with Crippen LogP contribution in [-0.4, -0.2) is 9.97 Å². The van der Waals surface area contributed by atoms with E-state index in [-0.39, 0.29) is 11.6 Å². The second kappa shape index (κ2) is 4.46. The van der Waals surface area contributed by atoms with Gasteiger partial charge in [0.15, 0.2) is 11.4 Å². The van der Waals surface area contributed by atoms with Crippen LogP contribution in [-0.2, 0) is 0 Å². The molecule has 0 spiro atoms. The zero-order valence-electron chi connectivity index (χ0n) is 8.61. The molecular formula is C10H9BrN4O2. The summed E-state index contributed by atoms with van der Waals surface area (Å²) in [4.78, 5) is 17.4. The summed E-state index contributed by atoms with van der Waals surface area (Å²) in [6.07, 6.45) is 1.21. The Bertz CT molecular complexity index is 591. The summed E-state index contributed by atoms with van der Waals surface area (Å²) in [6, 6.07) is 5.19. The molecule has 5 N–H and O–H groups in total. The van der Waals surface area contributed by atoms with Crippen molar-refractivity contribution >= 4 is 27.3 Å². The number of rotatable bonds is 2. The minimum atomic E-state index is -0.458. The van der Waals surface area contributed by atoms with Gasteiger partial charge in [0.25, 0.3) is 5.56 Å². The number of nitrogens with two attached hydrogens (primary N) is 2. The highest BCUT2D eigenvalue weighted by atomic mass is 79.9. The normalized spacial score (nSPS) is 10.2. The number of hydrogen-bond donors (Lipinski definition) is 3. The predicted octanol–water partition coefficient (Wildman–Crippen LogP) is 1.49. The van der Waals surface area contributed by atoms with E-state index >= 15 is 0 Å². The third-order valence-corrected chi connectivity index (χ3v) is 2.67. The Morgan fingerprint density at radius 3 is 2.82 bits per heavy atom. The average Bonchev–Trinajstić information content (AvgIpc) is 2.29. The molecule has 1 heterocycles. The van der Waals surface area contributed by atoms with Crippen LogP contribution >= 0.6 is 15.9 Å². The molecule has 0 atom stereocenters. The number of ether oxygens (including phenoxy) is 1. The van der Waals surface area contributed by atoms with Crippen LogP contribution in [0.3, 0.4) is 0 Å². The maximum atomic E-state index is 11.3. The molecule has 0 aliphatic rings. The van der Waals surface area contributed by atoms with Gasteiger partial charge in [0, 0.05) is 0 Å². The van der Waals surface area contributed by atoms with Gasteiger partial charge in [0.2, 0.25) is 5.88 Å². The Kier molecular flexibility index (Phi) is 3.01. The number of halogens is 1. The molecule has 0 saturated heterocycles. The molecule has 0 bridgehead atoms. The Hall–Kier alpha value is -2.02. The lowest BCUT2D eigenvalue weighted by atomic mass is 10.3. The standard InChI is InChI=1S/C10H9BrN4O2/c11-5-2-1-3-6(12)8(5)17-10-7(13)9(16)14-4-15-10/h1-4H,12-13H2,(H,14,15,16). The van der Waals surface area contributed by atoms with Crippen molar-refractivity contribution in [1.82, 2.24) is 9.97 Å². The monoisotopic (exact) mass is 296 g/mol. The molecule has 88 valence electrons. The minimum absolute atomic E-state index is 0.0207. The molecule has 0 aliphatic carbocycles. The highest BCUT2D eigenvalue weighted by Gasteiger charge is 2.11. The number of aromatic nitrogens is 2. The number of aromatic amines is 1. The molecule has 2 rings (SSSR count). The summed E-state index contributed by atoms with van der Waals surface area (Å²) in [5.74, 6) is 0.393. The minimum Gasteiger partial charge on any atom is -0.433 e. The van der Waals surface area contributed by atoms with Crippen LogP contribution in [0.2, 0.25) is 0 Å². The summed E-state index contributed by atoms with van der Waals surface area (Å²) in [7, 11) is 0. The first-order valence-corrected chi connectivity index (χ1v) is 5.44. The van der Waals surface area contributed by atoms with E-state index < -0.39 is 5.56 Å². The molecule has 6 nitrogen and oxygen atoms in total. The van der Waals surface area contributed by atoms with Gasteiger partial charge in [-0.15, -0.1) is 0 Å². The number of H-pyrrole nitrogens is 1. The summed E-state index contributed by atoms with van der Waals surface area (Å²) in [6.45, 7) is 0. The van der Waals surface area contributed by atoms with E-state index in [9.17, 15) is 4.79 Å². The Balaban J connectivity index is 2.45. The lowest BCUT2D eigenvalue weighted by Gasteiger charge is -2.10. The van der Waals surface area contributed by atoms with E-state index in [1.165, 1.54) is 6.33 Å². The van der Waals surface area contributed by atoms with Crippen molar-refractivity contribution in [2.75, 3.05) is 11.5 Å². The van der Waals surface area contributed by atoms with Crippen LogP contribution in [0.5, 0.6) is 11.6 Å². The molecule has 0 saturated carbocycles. The Morgan fingerprint density at radius 1 is 1.35 bits per heavy atom. The van der Waals surface area contributed by atoms with E-state index in [0.29, 0.717) is 15.9 Å². The molecule has 0 unspecified atom stereocenters. The van der Waals surface area contributed by atoms with E-state index in [1.807, 2.05) is 0 Å². The smallest absolute Gasteiger partial charge is 0.277 e. The van der Waals surface area contributed by atoms with Crippen LogP contribution in [0.25, 0.3) is 0 Å². The molecule has 0 amide bonds. The van der Waals surface area contributed by atoms with Crippen molar-refractivity contribution in [3.8, 4) is 11.6 Å². The van der Waals surface area contributed by atoms with Gasteiger partial charge >= 0.3 is 0 Å². The van der Waals surface area contributed by atoms with E-state index in [1.54, 1.807) is 18.2 Å². The topological polar surface area (TPSA) is 107 Å². The zero-order chi connectivity index (χ0) is 12.4. The van der Waals surface area contributed by atoms with Gasteiger partial charge in [-0.1, -0.05) is 6.07 Å². The van der Waals surface area contributed by atoms with Gasteiger partial charge < -0.3 is 21.2 Å². The van der Waals surface area contributed by atoms with Crippen LogP contribution in [0, 0.1) is 0 Å². The molecule has 17 heavy (non-hydrogen) atoms. The van der Waals surface area contributed by atoms with Gasteiger partial charge in [0.1, 0.15) is 0 Å². The van der Waals surface area contributed by atoms with Crippen LogP contribution in [0.15, 0.2) is 33.8 Å². The second-order valence-electron chi connectivity index (χ2n) is 3.21. The third-order valence-electron chi connectivity index (χ3n) is 2.05. The lowest BCUT2D eigenvalue weighted by molar-refractivity contribution is 0.463. The van der Waals surface area contributed by atoms with Crippen molar-refractivity contribution in [2.24, 2.45) is 0 Å². The van der Waals surface area contributed by atoms with E-state index in [4.69, 9.17) is 16.2 Å². The van der Waals surface area contributed by atoms with Crippen molar-refractivity contribution < 1.29 is 4.74 Å². The first kappa shape index (κ1) is 11.5. The summed E-state index contributed by atoms with van der Waals surface area (Å²) < 4.78 is 6.08. The van der Waals surface area contributed by atoms with Crippen molar-refractivity contribution in [1.29, 1.82) is 0 Å². The number of benzene rings is 1.